The normalized spacial score (nSPS) is 20.8. The van der Waals surface area contributed by atoms with Crippen molar-refractivity contribution >= 4 is 11.8 Å². The Morgan fingerprint density at radius 3 is 2.64 bits per heavy atom. The average molecular weight is 410 g/mol. The number of likely N-dealkylation sites (tertiary alicyclic amines) is 1. The smallest absolute Gasteiger partial charge is 0.161 e. The fourth-order valence-electron chi connectivity index (χ4n) is 3.74. The number of aliphatic hydroxyl groups is 1. The molecule has 2 aliphatic heterocycles. The summed E-state index contributed by atoms with van der Waals surface area (Å²) in [4.78, 5) is 4.69. The standard InChI is InChI=1S/C21H35N3O3S/c1-23-7-5-18(6-8-23)22-14-17-3-4-20(21(13-17)26-2)27-16-19(25)15-24-9-11-28-12-10-24/h3-4,13,18-19,22,25H,5-12,14-16H2,1-2H3/t19-/m1/s1. The first kappa shape index (κ1) is 21.7. The van der Waals surface area contributed by atoms with Crippen molar-refractivity contribution in [1.82, 2.24) is 15.1 Å². The number of piperidine rings is 1. The van der Waals surface area contributed by atoms with Gasteiger partial charge in [0.1, 0.15) is 12.7 Å². The number of hydrogen-bond acceptors (Lipinski definition) is 7. The number of thioether (sulfide) groups is 1. The van der Waals surface area contributed by atoms with E-state index in [9.17, 15) is 5.11 Å². The van der Waals surface area contributed by atoms with Crippen molar-refractivity contribution in [1.29, 1.82) is 0 Å². The molecule has 0 aromatic heterocycles. The van der Waals surface area contributed by atoms with E-state index >= 15 is 0 Å². The van der Waals surface area contributed by atoms with Gasteiger partial charge in [-0.3, -0.25) is 4.90 Å². The molecule has 0 saturated carbocycles. The Hall–Kier alpha value is -0.990. The number of ether oxygens (including phenoxy) is 2. The number of nitrogens with zero attached hydrogens (tertiary/aromatic N) is 2. The van der Waals surface area contributed by atoms with Gasteiger partial charge < -0.3 is 24.8 Å². The fourth-order valence-corrected chi connectivity index (χ4v) is 4.72. The molecule has 6 nitrogen and oxygen atoms in total. The minimum absolute atomic E-state index is 0.285. The molecule has 0 amide bonds. The average Bonchev–Trinajstić information content (AvgIpc) is 2.73. The van der Waals surface area contributed by atoms with Gasteiger partial charge in [0, 0.05) is 43.7 Å². The Morgan fingerprint density at radius 1 is 1.18 bits per heavy atom. The second kappa shape index (κ2) is 11.3. The number of hydrogen-bond donors (Lipinski definition) is 2. The number of β-amino-alcohol motifs (C(OH)–C–C–N with tert-alkyl or cyclic N) is 1. The Bertz CT molecular complexity index is 590. The van der Waals surface area contributed by atoms with Crippen LogP contribution < -0.4 is 14.8 Å². The van der Waals surface area contributed by atoms with Crippen LogP contribution in [0, 0.1) is 0 Å². The van der Waals surface area contributed by atoms with Crippen LogP contribution in [0.5, 0.6) is 11.5 Å². The molecule has 0 unspecified atom stereocenters. The van der Waals surface area contributed by atoms with Crippen molar-refractivity contribution < 1.29 is 14.6 Å². The molecule has 2 saturated heterocycles. The molecular formula is C21H35N3O3S. The molecular weight excluding hydrogens is 374 g/mol. The van der Waals surface area contributed by atoms with Crippen molar-refractivity contribution in [3.8, 4) is 11.5 Å². The van der Waals surface area contributed by atoms with Gasteiger partial charge in [-0.1, -0.05) is 6.07 Å². The summed E-state index contributed by atoms with van der Waals surface area (Å²) in [6, 6.07) is 6.65. The Morgan fingerprint density at radius 2 is 1.93 bits per heavy atom. The van der Waals surface area contributed by atoms with Crippen LogP contribution in [0.1, 0.15) is 18.4 Å². The molecule has 2 fully saturated rings. The summed E-state index contributed by atoms with van der Waals surface area (Å²) >= 11 is 1.98. The third kappa shape index (κ3) is 6.81. The zero-order valence-corrected chi connectivity index (χ0v) is 18.0. The first-order valence-corrected chi connectivity index (χ1v) is 11.5. The lowest BCUT2D eigenvalue weighted by Gasteiger charge is -2.29. The number of benzene rings is 1. The third-order valence-corrected chi connectivity index (χ3v) is 6.49. The molecule has 2 aliphatic rings. The molecule has 1 aromatic rings. The zero-order valence-electron chi connectivity index (χ0n) is 17.2. The van der Waals surface area contributed by atoms with Crippen LogP contribution in [0.2, 0.25) is 0 Å². The lowest BCUT2D eigenvalue weighted by molar-refractivity contribution is 0.0705. The number of aliphatic hydroxyl groups excluding tert-OH is 1. The molecule has 0 bridgehead atoms. The van der Waals surface area contributed by atoms with Gasteiger partial charge in [-0.2, -0.15) is 11.8 Å². The van der Waals surface area contributed by atoms with E-state index in [-0.39, 0.29) is 6.61 Å². The molecule has 0 radical (unpaired) electrons. The van der Waals surface area contributed by atoms with Crippen LogP contribution in [-0.2, 0) is 6.54 Å². The predicted octanol–water partition coefficient (Wildman–Crippen LogP) is 1.67. The molecule has 0 aliphatic carbocycles. The Labute approximate surface area is 173 Å². The molecule has 2 heterocycles. The SMILES string of the molecule is COc1cc(CNC2CCN(C)CC2)ccc1OC[C@H](O)CN1CCSCC1. The second-order valence-electron chi connectivity index (χ2n) is 7.82. The summed E-state index contributed by atoms with van der Waals surface area (Å²) in [7, 11) is 3.85. The van der Waals surface area contributed by atoms with E-state index in [2.05, 4.69) is 28.2 Å². The van der Waals surface area contributed by atoms with Gasteiger partial charge in [-0.05, 0) is 50.7 Å². The molecule has 0 spiro atoms. The van der Waals surface area contributed by atoms with Crippen LogP contribution in [0.3, 0.4) is 0 Å². The third-order valence-electron chi connectivity index (χ3n) is 5.55. The summed E-state index contributed by atoms with van der Waals surface area (Å²) in [6.07, 6.45) is 1.91. The quantitative estimate of drug-likeness (QED) is 0.643. The van der Waals surface area contributed by atoms with Crippen LogP contribution in [0.15, 0.2) is 18.2 Å². The van der Waals surface area contributed by atoms with Crippen LogP contribution in [0.25, 0.3) is 0 Å². The highest BCUT2D eigenvalue weighted by Gasteiger charge is 2.17. The Balaban J connectivity index is 1.45. The molecule has 1 atom stereocenters. The Kier molecular flexibility index (Phi) is 8.73. The van der Waals surface area contributed by atoms with Gasteiger partial charge in [0.2, 0.25) is 0 Å². The van der Waals surface area contributed by atoms with Crippen LogP contribution in [0.4, 0.5) is 0 Å². The largest absolute Gasteiger partial charge is 0.493 e. The number of methoxy groups -OCH3 is 1. The second-order valence-corrected chi connectivity index (χ2v) is 9.05. The van der Waals surface area contributed by atoms with E-state index in [1.807, 2.05) is 23.9 Å². The maximum absolute atomic E-state index is 10.3. The highest BCUT2D eigenvalue weighted by molar-refractivity contribution is 7.99. The molecule has 2 N–H and O–H groups in total. The van der Waals surface area contributed by atoms with Crippen molar-refractivity contribution in [2.75, 3.05) is 65.0 Å². The van der Waals surface area contributed by atoms with Crippen LogP contribution in [-0.4, -0.2) is 92.0 Å². The van der Waals surface area contributed by atoms with Crippen molar-refractivity contribution in [2.24, 2.45) is 0 Å². The topological polar surface area (TPSA) is 57.2 Å². The fraction of sp³-hybridized carbons (Fsp3) is 0.714. The van der Waals surface area contributed by atoms with Crippen molar-refractivity contribution in [3.05, 3.63) is 23.8 Å². The summed E-state index contributed by atoms with van der Waals surface area (Å²) in [5.74, 6) is 3.71. The minimum atomic E-state index is -0.487. The van der Waals surface area contributed by atoms with Gasteiger partial charge in [0.05, 0.1) is 7.11 Å². The van der Waals surface area contributed by atoms with Crippen molar-refractivity contribution in [2.45, 2.75) is 31.5 Å². The lowest BCUT2D eigenvalue weighted by Crippen LogP contribution is -2.40. The van der Waals surface area contributed by atoms with Gasteiger partial charge in [0.15, 0.2) is 11.5 Å². The van der Waals surface area contributed by atoms with E-state index in [0.717, 1.165) is 50.0 Å². The van der Waals surface area contributed by atoms with Gasteiger partial charge >= 0.3 is 0 Å². The maximum atomic E-state index is 10.3. The molecule has 7 heteroatoms. The lowest BCUT2D eigenvalue weighted by atomic mass is 10.1. The van der Waals surface area contributed by atoms with E-state index < -0.39 is 6.10 Å². The van der Waals surface area contributed by atoms with E-state index in [1.165, 1.54) is 18.4 Å². The van der Waals surface area contributed by atoms with E-state index in [4.69, 9.17) is 9.47 Å². The number of rotatable bonds is 9. The first-order valence-electron chi connectivity index (χ1n) is 10.3. The van der Waals surface area contributed by atoms with Crippen LogP contribution >= 0.6 is 11.8 Å². The molecule has 28 heavy (non-hydrogen) atoms. The summed E-state index contributed by atoms with van der Waals surface area (Å²) < 4.78 is 11.4. The molecule has 1 aromatic carbocycles. The molecule has 158 valence electrons. The monoisotopic (exact) mass is 409 g/mol. The van der Waals surface area contributed by atoms with Gasteiger partial charge in [-0.25, -0.2) is 0 Å². The van der Waals surface area contributed by atoms with E-state index in [0.29, 0.717) is 18.3 Å². The maximum Gasteiger partial charge on any atom is 0.161 e. The highest BCUT2D eigenvalue weighted by atomic mass is 32.2. The van der Waals surface area contributed by atoms with E-state index in [1.54, 1.807) is 7.11 Å². The zero-order chi connectivity index (χ0) is 19.8. The van der Waals surface area contributed by atoms with Gasteiger partial charge in [-0.15, -0.1) is 0 Å². The summed E-state index contributed by atoms with van der Waals surface area (Å²) in [5.41, 5.74) is 1.19. The number of nitrogens with one attached hydrogen (secondary N) is 1. The predicted molar refractivity (Wildman–Crippen MR) is 116 cm³/mol. The minimum Gasteiger partial charge on any atom is -0.493 e. The summed E-state index contributed by atoms with van der Waals surface area (Å²) in [5, 5.41) is 14.0. The highest BCUT2D eigenvalue weighted by Crippen LogP contribution is 2.28. The van der Waals surface area contributed by atoms with Crippen molar-refractivity contribution in [3.63, 3.8) is 0 Å². The summed E-state index contributed by atoms with van der Waals surface area (Å²) in [6.45, 7) is 6.20. The molecule has 3 rings (SSSR count). The first-order chi connectivity index (χ1) is 13.6. The van der Waals surface area contributed by atoms with Gasteiger partial charge in [0.25, 0.3) is 0 Å².